The van der Waals surface area contributed by atoms with Crippen LogP contribution >= 0.6 is 11.3 Å². The Morgan fingerprint density at radius 2 is 2.29 bits per heavy atom. The highest BCUT2D eigenvalue weighted by Gasteiger charge is 2.18. The number of rotatable bonds is 4. The Hall–Kier alpha value is -1.53. The van der Waals surface area contributed by atoms with E-state index in [1.54, 1.807) is 23.5 Å². The normalized spacial score (nSPS) is 18.9. The molecular formula is C15H16F2N2OS. The Morgan fingerprint density at radius 3 is 3.05 bits per heavy atom. The number of hydrogen-bond donors (Lipinski definition) is 1. The maximum absolute atomic E-state index is 12.3. The summed E-state index contributed by atoms with van der Waals surface area (Å²) in [4.78, 5) is 4.66. The molecule has 21 heavy (non-hydrogen) atoms. The Labute approximate surface area is 126 Å². The quantitative estimate of drug-likeness (QED) is 0.930. The minimum absolute atomic E-state index is 0.163. The van der Waals surface area contributed by atoms with Crippen LogP contribution in [-0.4, -0.2) is 24.7 Å². The number of nitrogens with zero attached hydrogens (tertiary/aromatic N) is 1. The van der Waals surface area contributed by atoms with E-state index in [4.69, 9.17) is 0 Å². The first kappa shape index (κ1) is 14.4. The predicted octanol–water partition coefficient (Wildman–Crippen LogP) is 3.88. The lowest BCUT2D eigenvalue weighted by Crippen LogP contribution is -2.28. The fourth-order valence-corrected chi connectivity index (χ4v) is 3.47. The lowest BCUT2D eigenvalue weighted by atomic mass is 10.0. The zero-order valence-corrected chi connectivity index (χ0v) is 12.2. The zero-order chi connectivity index (χ0) is 14.7. The summed E-state index contributed by atoms with van der Waals surface area (Å²) < 4.78 is 28.9. The number of thiazole rings is 1. The molecule has 0 amide bonds. The van der Waals surface area contributed by atoms with Crippen molar-refractivity contribution < 1.29 is 13.5 Å². The Balaban J connectivity index is 1.79. The van der Waals surface area contributed by atoms with Gasteiger partial charge in [0.05, 0.1) is 10.7 Å². The van der Waals surface area contributed by atoms with Crippen LogP contribution in [0.3, 0.4) is 0 Å². The summed E-state index contributed by atoms with van der Waals surface area (Å²) in [6.45, 7) is -0.775. The predicted molar refractivity (Wildman–Crippen MR) is 79.0 cm³/mol. The van der Waals surface area contributed by atoms with E-state index < -0.39 is 6.61 Å². The summed E-state index contributed by atoms with van der Waals surface area (Å²) in [5, 5.41) is 6.46. The first-order valence-electron chi connectivity index (χ1n) is 6.94. The van der Waals surface area contributed by atoms with Crippen LogP contribution in [0.25, 0.3) is 11.3 Å². The summed E-state index contributed by atoms with van der Waals surface area (Å²) in [6, 6.07) is 6.68. The van der Waals surface area contributed by atoms with E-state index in [9.17, 15) is 8.78 Å². The Bertz CT molecular complexity index is 597. The van der Waals surface area contributed by atoms with Gasteiger partial charge in [-0.25, -0.2) is 4.98 Å². The summed E-state index contributed by atoms with van der Waals surface area (Å²) in [6.07, 6.45) is 2.31. The molecule has 1 saturated heterocycles. The molecule has 2 aromatic rings. The van der Waals surface area contributed by atoms with Crippen molar-refractivity contribution in [3.63, 3.8) is 0 Å². The van der Waals surface area contributed by atoms with Crippen LogP contribution in [0.1, 0.15) is 23.8 Å². The monoisotopic (exact) mass is 310 g/mol. The maximum Gasteiger partial charge on any atom is 0.387 e. The fourth-order valence-electron chi connectivity index (χ4n) is 2.50. The summed E-state index contributed by atoms with van der Waals surface area (Å²) in [5.41, 5.74) is 1.62. The highest BCUT2D eigenvalue weighted by atomic mass is 32.1. The summed E-state index contributed by atoms with van der Waals surface area (Å²) in [7, 11) is 0. The van der Waals surface area contributed by atoms with Crippen molar-refractivity contribution in [3.8, 4) is 17.0 Å². The Morgan fingerprint density at radius 1 is 1.38 bits per heavy atom. The molecular weight excluding hydrogens is 294 g/mol. The molecule has 0 spiro atoms. The van der Waals surface area contributed by atoms with Gasteiger partial charge in [0.25, 0.3) is 0 Å². The first-order chi connectivity index (χ1) is 10.2. The smallest absolute Gasteiger partial charge is 0.387 e. The number of halogens is 2. The first-order valence-corrected chi connectivity index (χ1v) is 7.82. The molecule has 1 aliphatic heterocycles. The van der Waals surface area contributed by atoms with Crippen LogP contribution in [0.4, 0.5) is 8.78 Å². The standard InChI is InChI=1S/C15H16F2N2OS/c16-15(17)20-12-5-1-3-10(7-12)13-9-21-14(19-13)11-4-2-6-18-8-11/h1,3,5,7,9,11,15,18H,2,4,6,8H2. The molecule has 1 atom stereocenters. The number of hydrogen-bond acceptors (Lipinski definition) is 4. The average molecular weight is 310 g/mol. The van der Waals surface area contributed by atoms with Gasteiger partial charge < -0.3 is 10.1 Å². The minimum atomic E-state index is -2.81. The number of benzene rings is 1. The molecule has 0 saturated carbocycles. The molecule has 1 unspecified atom stereocenters. The summed E-state index contributed by atoms with van der Waals surface area (Å²) >= 11 is 1.63. The van der Waals surface area contributed by atoms with Crippen LogP contribution in [0.5, 0.6) is 5.75 Å². The van der Waals surface area contributed by atoms with Gasteiger partial charge in [-0.3, -0.25) is 0 Å². The van der Waals surface area contributed by atoms with Gasteiger partial charge in [-0.15, -0.1) is 11.3 Å². The lowest BCUT2D eigenvalue weighted by Gasteiger charge is -2.20. The maximum atomic E-state index is 12.3. The molecule has 112 valence electrons. The number of ether oxygens (including phenoxy) is 1. The van der Waals surface area contributed by atoms with Gasteiger partial charge in [0.2, 0.25) is 0 Å². The third kappa shape index (κ3) is 3.57. The molecule has 1 N–H and O–H groups in total. The second kappa shape index (κ2) is 6.49. The van der Waals surface area contributed by atoms with E-state index in [-0.39, 0.29) is 5.75 Å². The van der Waals surface area contributed by atoms with Crippen LogP contribution in [0, 0.1) is 0 Å². The molecule has 1 aromatic heterocycles. The second-order valence-corrected chi connectivity index (χ2v) is 5.91. The molecule has 1 aliphatic rings. The van der Waals surface area contributed by atoms with Gasteiger partial charge in [0.1, 0.15) is 5.75 Å². The number of piperidine rings is 1. The number of nitrogens with one attached hydrogen (secondary N) is 1. The molecule has 1 fully saturated rings. The van der Waals surface area contributed by atoms with E-state index >= 15 is 0 Å². The van der Waals surface area contributed by atoms with Gasteiger partial charge >= 0.3 is 6.61 Å². The van der Waals surface area contributed by atoms with Crippen LogP contribution in [0.15, 0.2) is 29.6 Å². The van der Waals surface area contributed by atoms with Gasteiger partial charge in [0, 0.05) is 23.4 Å². The van der Waals surface area contributed by atoms with E-state index in [0.29, 0.717) is 5.92 Å². The average Bonchev–Trinajstić information content (AvgIpc) is 2.98. The van der Waals surface area contributed by atoms with Gasteiger partial charge in [-0.1, -0.05) is 12.1 Å². The molecule has 1 aromatic carbocycles. The van der Waals surface area contributed by atoms with Gasteiger partial charge in [-0.2, -0.15) is 8.78 Å². The SMILES string of the molecule is FC(F)Oc1cccc(-c2csc(C3CCCNC3)n2)c1. The zero-order valence-electron chi connectivity index (χ0n) is 11.4. The largest absolute Gasteiger partial charge is 0.435 e. The lowest BCUT2D eigenvalue weighted by molar-refractivity contribution is -0.0498. The van der Waals surface area contributed by atoms with Crippen LogP contribution in [0.2, 0.25) is 0 Å². The van der Waals surface area contributed by atoms with Crippen molar-refractivity contribution in [1.82, 2.24) is 10.3 Å². The van der Waals surface area contributed by atoms with Gasteiger partial charge in [0.15, 0.2) is 0 Å². The molecule has 6 heteroatoms. The molecule has 3 rings (SSSR count). The third-order valence-corrected chi connectivity index (χ3v) is 4.53. The van der Waals surface area contributed by atoms with Crippen molar-refractivity contribution in [2.75, 3.05) is 13.1 Å². The summed E-state index contributed by atoms with van der Waals surface area (Å²) in [5.74, 6) is 0.620. The topological polar surface area (TPSA) is 34.1 Å². The Kier molecular flexibility index (Phi) is 4.45. The number of aromatic nitrogens is 1. The van der Waals surface area contributed by atoms with Crippen LogP contribution in [-0.2, 0) is 0 Å². The van der Waals surface area contributed by atoms with E-state index in [0.717, 1.165) is 42.2 Å². The molecule has 2 heterocycles. The number of alkyl halides is 2. The fraction of sp³-hybridized carbons (Fsp3) is 0.400. The van der Waals surface area contributed by atoms with E-state index in [1.165, 1.54) is 6.07 Å². The molecule has 0 aliphatic carbocycles. The molecule has 0 radical (unpaired) electrons. The molecule has 3 nitrogen and oxygen atoms in total. The van der Waals surface area contributed by atoms with E-state index in [1.807, 2.05) is 11.4 Å². The minimum Gasteiger partial charge on any atom is -0.435 e. The molecule has 0 bridgehead atoms. The van der Waals surface area contributed by atoms with Crippen molar-refractivity contribution in [1.29, 1.82) is 0 Å². The van der Waals surface area contributed by atoms with Crippen molar-refractivity contribution >= 4 is 11.3 Å². The highest BCUT2D eigenvalue weighted by Crippen LogP contribution is 2.31. The highest BCUT2D eigenvalue weighted by molar-refractivity contribution is 7.10. The van der Waals surface area contributed by atoms with Crippen molar-refractivity contribution in [2.24, 2.45) is 0 Å². The van der Waals surface area contributed by atoms with Crippen molar-refractivity contribution in [3.05, 3.63) is 34.7 Å². The van der Waals surface area contributed by atoms with Crippen molar-refractivity contribution in [2.45, 2.75) is 25.4 Å². The second-order valence-electron chi connectivity index (χ2n) is 5.02. The van der Waals surface area contributed by atoms with E-state index in [2.05, 4.69) is 15.0 Å². The van der Waals surface area contributed by atoms with Gasteiger partial charge in [-0.05, 0) is 31.5 Å². The van der Waals surface area contributed by atoms with Crippen LogP contribution < -0.4 is 10.1 Å². The third-order valence-electron chi connectivity index (χ3n) is 3.52.